The first-order valence-corrected chi connectivity index (χ1v) is 7.54. The fraction of sp³-hybridized carbons (Fsp3) is 0.471. The summed E-state index contributed by atoms with van der Waals surface area (Å²) in [6, 6.07) is 6.42. The number of benzene rings is 1. The number of aromatic nitrogens is 1. The Kier molecular flexibility index (Phi) is 3.49. The van der Waals surface area contributed by atoms with Gasteiger partial charge in [0.1, 0.15) is 0 Å². The number of fused-ring (bicyclic) bond motifs is 1. The van der Waals surface area contributed by atoms with E-state index in [0.29, 0.717) is 12.3 Å². The molecule has 1 fully saturated rings. The first-order chi connectivity index (χ1) is 10.0. The molecule has 1 aliphatic rings. The molecule has 1 aromatic carbocycles. The molecule has 0 spiro atoms. The van der Waals surface area contributed by atoms with Crippen LogP contribution < -0.4 is 5.73 Å². The first kappa shape index (κ1) is 14.1. The smallest absolute Gasteiger partial charge is 0.308 e. The Bertz CT molecular complexity index is 698. The van der Waals surface area contributed by atoms with Gasteiger partial charge in [-0.3, -0.25) is 4.79 Å². The van der Waals surface area contributed by atoms with Gasteiger partial charge in [-0.25, -0.2) is 0 Å². The molecule has 1 heterocycles. The van der Waals surface area contributed by atoms with Crippen LogP contribution >= 0.6 is 0 Å². The molecule has 1 aliphatic carbocycles. The highest BCUT2D eigenvalue weighted by Gasteiger charge is 2.29. The summed E-state index contributed by atoms with van der Waals surface area (Å²) in [5.74, 6) is -0.672. The van der Waals surface area contributed by atoms with Gasteiger partial charge in [0.15, 0.2) is 0 Å². The number of carboxylic acid groups (broad SMARTS) is 1. The SMILES string of the molecule is Cc1c(CC(CN)C(=O)O)c2c(C3CC3)cccc2n1C. The second kappa shape index (κ2) is 5.19. The standard InChI is InChI=1S/C17H22N2O2/c1-10-14(8-12(9-18)17(20)21)16-13(11-6-7-11)4-3-5-15(16)19(10)2/h3-5,11-12H,6-9,18H2,1-2H3,(H,20,21). The number of carboxylic acids is 1. The normalized spacial score (nSPS) is 16.3. The molecule has 0 radical (unpaired) electrons. The van der Waals surface area contributed by atoms with E-state index in [1.165, 1.54) is 29.3 Å². The molecule has 2 aromatic rings. The van der Waals surface area contributed by atoms with Crippen molar-refractivity contribution >= 4 is 16.9 Å². The van der Waals surface area contributed by atoms with E-state index in [1.807, 2.05) is 0 Å². The Morgan fingerprint density at radius 2 is 2.19 bits per heavy atom. The minimum absolute atomic E-state index is 0.177. The van der Waals surface area contributed by atoms with E-state index in [4.69, 9.17) is 5.73 Å². The maximum atomic E-state index is 11.3. The van der Waals surface area contributed by atoms with Gasteiger partial charge in [0, 0.05) is 30.2 Å². The lowest BCUT2D eigenvalue weighted by molar-refractivity contribution is -0.141. The number of aryl methyl sites for hydroxylation is 1. The van der Waals surface area contributed by atoms with Crippen molar-refractivity contribution in [1.29, 1.82) is 0 Å². The summed E-state index contributed by atoms with van der Waals surface area (Å²) >= 11 is 0. The number of nitrogens with two attached hydrogens (primary N) is 1. The second-order valence-electron chi connectivity index (χ2n) is 6.11. The molecule has 3 rings (SSSR count). The van der Waals surface area contributed by atoms with Crippen molar-refractivity contribution in [3.8, 4) is 0 Å². The summed E-state index contributed by atoms with van der Waals surface area (Å²) in [7, 11) is 2.05. The molecule has 112 valence electrons. The largest absolute Gasteiger partial charge is 0.481 e. The van der Waals surface area contributed by atoms with Crippen LogP contribution in [0.5, 0.6) is 0 Å². The van der Waals surface area contributed by atoms with Crippen molar-refractivity contribution in [3.05, 3.63) is 35.0 Å². The van der Waals surface area contributed by atoms with Crippen LogP contribution in [0.4, 0.5) is 0 Å². The van der Waals surface area contributed by atoms with Crippen molar-refractivity contribution in [2.45, 2.75) is 32.1 Å². The Balaban J connectivity index is 2.16. The van der Waals surface area contributed by atoms with Crippen LogP contribution in [-0.2, 0) is 18.3 Å². The molecule has 1 saturated carbocycles. The van der Waals surface area contributed by atoms with Gasteiger partial charge in [0.25, 0.3) is 0 Å². The predicted octanol–water partition coefficient (Wildman–Crippen LogP) is 2.57. The van der Waals surface area contributed by atoms with Gasteiger partial charge in [-0.1, -0.05) is 12.1 Å². The number of hydrogen-bond donors (Lipinski definition) is 2. The number of nitrogens with zero attached hydrogens (tertiary/aromatic N) is 1. The number of rotatable bonds is 5. The number of aliphatic carboxylic acids is 1. The van der Waals surface area contributed by atoms with Crippen LogP contribution in [0, 0.1) is 12.8 Å². The van der Waals surface area contributed by atoms with E-state index in [1.54, 1.807) is 0 Å². The summed E-state index contributed by atoms with van der Waals surface area (Å²) in [4.78, 5) is 11.3. The van der Waals surface area contributed by atoms with Gasteiger partial charge < -0.3 is 15.4 Å². The monoisotopic (exact) mass is 286 g/mol. The van der Waals surface area contributed by atoms with Crippen LogP contribution in [0.2, 0.25) is 0 Å². The quantitative estimate of drug-likeness (QED) is 0.887. The number of carbonyl (C=O) groups is 1. The fourth-order valence-electron chi connectivity index (χ4n) is 3.23. The van der Waals surface area contributed by atoms with E-state index < -0.39 is 11.9 Å². The van der Waals surface area contributed by atoms with Crippen LogP contribution in [0.1, 0.15) is 35.6 Å². The molecular formula is C17H22N2O2. The third-order valence-corrected chi connectivity index (χ3v) is 4.78. The summed E-state index contributed by atoms with van der Waals surface area (Å²) in [5.41, 5.74) is 10.5. The maximum absolute atomic E-state index is 11.3. The fourth-order valence-corrected chi connectivity index (χ4v) is 3.23. The van der Waals surface area contributed by atoms with Crippen LogP contribution in [-0.4, -0.2) is 22.2 Å². The third kappa shape index (κ3) is 2.33. The Labute approximate surface area is 124 Å². The lowest BCUT2D eigenvalue weighted by Gasteiger charge is -2.11. The predicted molar refractivity (Wildman–Crippen MR) is 83.5 cm³/mol. The van der Waals surface area contributed by atoms with Gasteiger partial charge in [-0.05, 0) is 49.3 Å². The summed E-state index contributed by atoms with van der Waals surface area (Å²) < 4.78 is 2.17. The molecule has 1 unspecified atom stereocenters. The minimum Gasteiger partial charge on any atom is -0.481 e. The Morgan fingerprint density at radius 3 is 2.76 bits per heavy atom. The molecular weight excluding hydrogens is 264 g/mol. The first-order valence-electron chi connectivity index (χ1n) is 7.54. The molecule has 1 atom stereocenters. The van der Waals surface area contributed by atoms with Crippen molar-refractivity contribution in [1.82, 2.24) is 4.57 Å². The van der Waals surface area contributed by atoms with E-state index in [2.05, 4.69) is 36.7 Å². The summed E-state index contributed by atoms with van der Waals surface area (Å²) in [6.45, 7) is 2.25. The van der Waals surface area contributed by atoms with Crippen molar-refractivity contribution in [3.63, 3.8) is 0 Å². The molecule has 0 saturated heterocycles. The molecule has 1 aromatic heterocycles. The average molecular weight is 286 g/mol. The molecule has 0 amide bonds. The molecule has 0 bridgehead atoms. The van der Waals surface area contributed by atoms with Gasteiger partial charge in [0.2, 0.25) is 0 Å². The van der Waals surface area contributed by atoms with E-state index in [0.717, 1.165) is 11.3 Å². The molecule has 21 heavy (non-hydrogen) atoms. The van der Waals surface area contributed by atoms with Gasteiger partial charge in [0.05, 0.1) is 5.92 Å². The zero-order chi connectivity index (χ0) is 15.1. The molecule has 4 nitrogen and oxygen atoms in total. The zero-order valence-corrected chi connectivity index (χ0v) is 12.6. The third-order valence-electron chi connectivity index (χ3n) is 4.78. The Morgan fingerprint density at radius 1 is 1.48 bits per heavy atom. The second-order valence-corrected chi connectivity index (χ2v) is 6.11. The molecule has 4 heteroatoms. The minimum atomic E-state index is -0.808. The van der Waals surface area contributed by atoms with Gasteiger partial charge in [-0.2, -0.15) is 0 Å². The van der Waals surface area contributed by atoms with Crippen LogP contribution in [0.3, 0.4) is 0 Å². The zero-order valence-electron chi connectivity index (χ0n) is 12.6. The highest BCUT2D eigenvalue weighted by atomic mass is 16.4. The van der Waals surface area contributed by atoms with E-state index in [-0.39, 0.29) is 6.54 Å². The van der Waals surface area contributed by atoms with E-state index >= 15 is 0 Å². The van der Waals surface area contributed by atoms with E-state index in [9.17, 15) is 9.90 Å². The lowest BCUT2D eigenvalue weighted by Crippen LogP contribution is -2.25. The average Bonchev–Trinajstić information content (AvgIpc) is 3.27. The molecule has 3 N–H and O–H groups in total. The summed E-state index contributed by atoms with van der Waals surface area (Å²) in [5, 5.41) is 10.6. The van der Waals surface area contributed by atoms with Crippen LogP contribution in [0.25, 0.3) is 10.9 Å². The summed E-state index contributed by atoms with van der Waals surface area (Å²) in [6.07, 6.45) is 3.00. The maximum Gasteiger partial charge on any atom is 0.308 e. The van der Waals surface area contributed by atoms with Crippen molar-refractivity contribution in [2.75, 3.05) is 6.54 Å². The highest BCUT2D eigenvalue weighted by Crippen LogP contribution is 2.45. The van der Waals surface area contributed by atoms with Gasteiger partial charge >= 0.3 is 5.97 Å². The Hall–Kier alpha value is -1.81. The number of hydrogen-bond acceptors (Lipinski definition) is 2. The van der Waals surface area contributed by atoms with Crippen molar-refractivity contribution < 1.29 is 9.90 Å². The van der Waals surface area contributed by atoms with Gasteiger partial charge in [-0.15, -0.1) is 0 Å². The lowest BCUT2D eigenvalue weighted by atomic mass is 9.94. The van der Waals surface area contributed by atoms with Crippen molar-refractivity contribution in [2.24, 2.45) is 18.7 Å². The van der Waals surface area contributed by atoms with Crippen LogP contribution in [0.15, 0.2) is 18.2 Å². The molecule has 0 aliphatic heterocycles. The topological polar surface area (TPSA) is 68.2 Å². The highest BCUT2D eigenvalue weighted by molar-refractivity contribution is 5.90.